The highest BCUT2D eigenvalue weighted by Gasteiger charge is 2.13. The van der Waals surface area contributed by atoms with E-state index in [-0.39, 0.29) is 11.1 Å². The third-order valence-electron chi connectivity index (χ3n) is 1.90. The molecule has 0 fully saturated rings. The minimum absolute atomic E-state index is 0.160. The van der Waals surface area contributed by atoms with Gasteiger partial charge in [0.05, 0.1) is 5.56 Å². The van der Waals surface area contributed by atoms with Gasteiger partial charge in [-0.15, -0.1) is 0 Å². The summed E-state index contributed by atoms with van der Waals surface area (Å²) in [7, 11) is 0. The van der Waals surface area contributed by atoms with E-state index in [1.165, 1.54) is 6.08 Å². The van der Waals surface area contributed by atoms with Crippen LogP contribution in [0, 0.1) is 11.6 Å². The Hall–Kier alpha value is -1.23. The fourth-order valence-corrected chi connectivity index (χ4v) is 1.42. The Labute approximate surface area is 99.7 Å². The molecule has 0 atom stereocenters. The van der Waals surface area contributed by atoms with Crippen LogP contribution in [-0.4, -0.2) is 16.4 Å². The number of carboxylic acids is 1. The molecule has 0 unspecified atom stereocenters. The second-order valence-electron chi connectivity index (χ2n) is 3.04. The second-order valence-corrected chi connectivity index (χ2v) is 3.83. The Balaban J connectivity index is 3.14. The molecule has 5 heteroatoms. The first-order chi connectivity index (χ1) is 7.56. The molecule has 0 aliphatic rings. The summed E-state index contributed by atoms with van der Waals surface area (Å²) < 4.78 is 25.8. The largest absolute Gasteiger partial charge is 0.478 e. The number of halogens is 3. The van der Waals surface area contributed by atoms with Crippen LogP contribution in [0.4, 0.5) is 8.78 Å². The molecule has 2 nitrogen and oxygen atoms in total. The lowest BCUT2D eigenvalue weighted by atomic mass is 10.1. The maximum Gasteiger partial charge on any atom is 0.336 e. The Morgan fingerprint density at radius 3 is 2.56 bits per heavy atom. The van der Waals surface area contributed by atoms with E-state index < -0.39 is 17.6 Å². The first-order valence-electron chi connectivity index (χ1n) is 4.51. The van der Waals surface area contributed by atoms with Gasteiger partial charge in [0.1, 0.15) is 0 Å². The summed E-state index contributed by atoms with van der Waals surface area (Å²) in [6, 6.07) is 1.56. The van der Waals surface area contributed by atoms with Crippen molar-refractivity contribution < 1.29 is 18.7 Å². The summed E-state index contributed by atoms with van der Waals surface area (Å²) in [6.07, 6.45) is 3.83. The highest BCUT2D eigenvalue weighted by atomic mass is 79.9. The molecule has 0 heterocycles. The maximum atomic E-state index is 12.9. The number of allylic oxidation sites excluding steroid dienone is 1. The van der Waals surface area contributed by atoms with E-state index in [9.17, 15) is 13.6 Å². The van der Waals surface area contributed by atoms with Gasteiger partial charge in [-0.25, -0.2) is 13.6 Å². The number of hydrogen-bond acceptors (Lipinski definition) is 1. The molecule has 0 spiro atoms. The molecule has 1 aromatic carbocycles. The fraction of sp³-hybridized carbons (Fsp3) is 0.182. The topological polar surface area (TPSA) is 37.3 Å². The molecule has 0 aliphatic carbocycles. The zero-order valence-corrected chi connectivity index (χ0v) is 9.80. The van der Waals surface area contributed by atoms with Crippen molar-refractivity contribution >= 4 is 28.0 Å². The molecule has 86 valence electrons. The zero-order valence-electron chi connectivity index (χ0n) is 8.21. The Kier molecular flexibility index (Phi) is 4.61. The number of benzene rings is 1. The van der Waals surface area contributed by atoms with Crippen molar-refractivity contribution in [2.24, 2.45) is 0 Å². The van der Waals surface area contributed by atoms with Crippen molar-refractivity contribution in [3.8, 4) is 0 Å². The van der Waals surface area contributed by atoms with Gasteiger partial charge in [0.2, 0.25) is 0 Å². The summed E-state index contributed by atoms with van der Waals surface area (Å²) in [4.78, 5) is 10.8. The standard InChI is InChI=1S/C11H9BrF2O2/c12-4-2-1-3-7-5-9(13)10(14)6-8(7)11(15)16/h1,3,5-6H,2,4H2,(H,15,16). The Morgan fingerprint density at radius 1 is 1.38 bits per heavy atom. The van der Waals surface area contributed by atoms with Gasteiger partial charge in [0.15, 0.2) is 11.6 Å². The average Bonchev–Trinajstić information content (AvgIpc) is 2.23. The molecule has 0 radical (unpaired) electrons. The summed E-state index contributed by atoms with van der Waals surface area (Å²) in [5, 5.41) is 9.52. The lowest BCUT2D eigenvalue weighted by Gasteiger charge is -2.02. The Bertz CT molecular complexity index is 430. The van der Waals surface area contributed by atoms with Crippen LogP contribution in [0.25, 0.3) is 6.08 Å². The first-order valence-corrected chi connectivity index (χ1v) is 5.63. The average molecular weight is 291 g/mol. The quantitative estimate of drug-likeness (QED) is 0.863. The van der Waals surface area contributed by atoms with E-state index in [4.69, 9.17) is 5.11 Å². The fourth-order valence-electron chi connectivity index (χ4n) is 1.16. The van der Waals surface area contributed by atoms with Crippen LogP contribution in [0.3, 0.4) is 0 Å². The van der Waals surface area contributed by atoms with Crippen LogP contribution in [0.2, 0.25) is 0 Å². The van der Waals surface area contributed by atoms with Crippen LogP contribution in [0.15, 0.2) is 18.2 Å². The van der Waals surface area contributed by atoms with E-state index in [0.29, 0.717) is 12.5 Å². The van der Waals surface area contributed by atoms with E-state index >= 15 is 0 Å². The molecule has 0 aliphatic heterocycles. The van der Waals surface area contributed by atoms with Crippen LogP contribution in [0.1, 0.15) is 22.3 Å². The zero-order chi connectivity index (χ0) is 12.1. The van der Waals surface area contributed by atoms with E-state index in [1.54, 1.807) is 6.08 Å². The first kappa shape index (κ1) is 12.8. The molecule has 1 aromatic rings. The van der Waals surface area contributed by atoms with Crippen molar-refractivity contribution in [3.05, 3.63) is 41.0 Å². The molecule has 0 amide bonds. The van der Waals surface area contributed by atoms with Crippen molar-refractivity contribution in [2.75, 3.05) is 5.33 Å². The summed E-state index contributed by atoms with van der Waals surface area (Å²) in [5.41, 5.74) is -0.0860. The van der Waals surface area contributed by atoms with Gasteiger partial charge in [-0.2, -0.15) is 0 Å². The molecular formula is C11H9BrF2O2. The predicted molar refractivity (Wildman–Crippen MR) is 60.8 cm³/mol. The van der Waals surface area contributed by atoms with E-state index in [1.807, 2.05) is 0 Å². The monoisotopic (exact) mass is 290 g/mol. The summed E-state index contributed by atoms with van der Waals surface area (Å²) in [5.74, 6) is -3.49. The predicted octanol–water partition coefficient (Wildman–Crippen LogP) is 3.46. The molecule has 0 saturated heterocycles. The number of carbonyl (C=O) groups is 1. The third-order valence-corrected chi connectivity index (χ3v) is 2.35. The van der Waals surface area contributed by atoms with Gasteiger partial charge < -0.3 is 5.11 Å². The van der Waals surface area contributed by atoms with Gasteiger partial charge in [0.25, 0.3) is 0 Å². The van der Waals surface area contributed by atoms with Gasteiger partial charge in [-0.3, -0.25) is 0 Å². The Morgan fingerprint density at radius 2 is 2.00 bits per heavy atom. The number of alkyl halides is 1. The van der Waals surface area contributed by atoms with Crippen LogP contribution in [0.5, 0.6) is 0 Å². The molecule has 1 rings (SSSR count). The highest BCUT2D eigenvalue weighted by molar-refractivity contribution is 9.09. The molecule has 0 bridgehead atoms. The number of aromatic carboxylic acids is 1. The van der Waals surface area contributed by atoms with E-state index in [2.05, 4.69) is 15.9 Å². The molecular weight excluding hydrogens is 282 g/mol. The second kappa shape index (κ2) is 5.75. The van der Waals surface area contributed by atoms with Gasteiger partial charge in [-0.1, -0.05) is 28.1 Å². The van der Waals surface area contributed by atoms with Crippen LogP contribution >= 0.6 is 15.9 Å². The van der Waals surface area contributed by atoms with Gasteiger partial charge in [-0.05, 0) is 24.1 Å². The SMILES string of the molecule is O=C(O)c1cc(F)c(F)cc1C=CCCBr. The maximum absolute atomic E-state index is 12.9. The lowest BCUT2D eigenvalue weighted by molar-refractivity contribution is 0.0696. The van der Waals surface area contributed by atoms with Crippen LogP contribution in [-0.2, 0) is 0 Å². The number of rotatable bonds is 4. The molecule has 0 saturated carbocycles. The summed E-state index contributed by atoms with van der Waals surface area (Å²) >= 11 is 3.19. The smallest absolute Gasteiger partial charge is 0.336 e. The number of carboxylic acid groups (broad SMARTS) is 1. The highest BCUT2D eigenvalue weighted by Crippen LogP contribution is 2.17. The molecule has 1 N–H and O–H groups in total. The van der Waals surface area contributed by atoms with Gasteiger partial charge in [0, 0.05) is 5.33 Å². The van der Waals surface area contributed by atoms with Crippen molar-refractivity contribution in [3.63, 3.8) is 0 Å². The van der Waals surface area contributed by atoms with Crippen LogP contribution < -0.4 is 0 Å². The van der Waals surface area contributed by atoms with E-state index in [0.717, 1.165) is 11.4 Å². The van der Waals surface area contributed by atoms with Crippen molar-refractivity contribution in [1.82, 2.24) is 0 Å². The van der Waals surface area contributed by atoms with Crippen molar-refractivity contribution in [1.29, 1.82) is 0 Å². The minimum atomic E-state index is -1.28. The number of hydrogen-bond donors (Lipinski definition) is 1. The molecule has 0 aromatic heterocycles. The summed E-state index contributed by atoms with van der Waals surface area (Å²) in [6.45, 7) is 0. The lowest BCUT2D eigenvalue weighted by Crippen LogP contribution is -2.02. The van der Waals surface area contributed by atoms with Crippen molar-refractivity contribution in [2.45, 2.75) is 6.42 Å². The minimum Gasteiger partial charge on any atom is -0.478 e. The van der Waals surface area contributed by atoms with Gasteiger partial charge >= 0.3 is 5.97 Å². The molecule has 16 heavy (non-hydrogen) atoms. The normalized spacial score (nSPS) is 10.9. The third kappa shape index (κ3) is 3.13.